The van der Waals surface area contributed by atoms with Crippen LogP contribution in [0.2, 0.25) is 0 Å². The lowest BCUT2D eigenvalue weighted by Crippen LogP contribution is -2.54. The summed E-state index contributed by atoms with van der Waals surface area (Å²) in [5, 5.41) is 6.08. The summed E-state index contributed by atoms with van der Waals surface area (Å²) in [6, 6.07) is 11.6. The summed E-state index contributed by atoms with van der Waals surface area (Å²) in [6.07, 6.45) is 0.615. The topological polar surface area (TPSA) is 41.1 Å². The van der Waals surface area contributed by atoms with Gasteiger partial charge in [-0.15, -0.1) is 0 Å². The number of halogens is 4. The zero-order valence-corrected chi connectivity index (χ0v) is 19.4. The Hall–Kier alpha value is -1.31. The summed E-state index contributed by atoms with van der Waals surface area (Å²) in [7, 11) is 0. The average molecular weight is 530 g/mol. The van der Waals surface area contributed by atoms with E-state index in [0.717, 1.165) is 14.5 Å². The minimum atomic E-state index is -1.55. The Morgan fingerprint density at radius 2 is 1.72 bits per heavy atom. The molecule has 0 aliphatic carbocycles. The van der Waals surface area contributed by atoms with E-state index in [2.05, 4.69) is 42.5 Å². The molecule has 0 spiro atoms. The Bertz CT molecular complexity index is 849. The van der Waals surface area contributed by atoms with E-state index >= 15 is 4.39 Å². The van der Waals surface area contributed by atoms with E-state index in [1.54, 1.807) is 19.1 Å². The van der Waals surface area contributed by atoms with Gasteiger partial charge in [-0.25, -0.2) is 8.78 Å². The van der Waals surface area contributed by atoms with Crippen molar-refractivity contribution in [3.05, 3.63) is 68.4 Å². The molecule has 0 bridgehead atoms. The van der Waals surface area contributed by atoms with E-state index in [1.807, 2.05) is 18.2 Å². The number of benzene rings is 2. The first-order valence-electron chi connectivity index (χ1n) is 9.59. The van der Waals surface area contributed by atoms with Crippen LogP contribution in [0.15, 0.2) is 51.4 Å². The third-order valence-corrected chi connectivity index (χ3v) is 6.71. The lowest BCUT2D eigenvalue weighted by atomic mass is 9.64. The van der Waals surface area contributed by atoms with Gasteiger partial charge in [0.2, 0.25) is 5.91 Å². The van der Waals surface area contributed by atoms with Gasteiger partial charge in [-0.3, -0.25) is 4.79 Å². The van der Waals surface area contributed by atoms with E-state index in [0.29, 0.717) is 38.0 Å². The Labute approximate surface area is 186 Å². The van der Waals surface area contributed by atoms with Crippen LogP contribution in [0.5, 0.6) is 0 Å². The first-order valence-corrected chi connectivity index (χ1v) is 11.2. The molecule has 3 nitrogen and oxygen atoms in total. The molecule has 1 aliphatic heterocycles. The van der Waals surface area contributed by atoms with Crippen molar-refractivity contribution in [1.82, 2.24) is 10.6 Å². The number of rotatable bonds is 6. The van der Waals surface area contributed by atoms with E-state index < -0.39 is 11.1 Å². The van der Waals surface area contributed by atoms with Crippen LogP contribution in [0, 0.1) is 5.82 Å². The predicted octanol–water partition coefficient (Wildman–Crippen LogP) is 5.41. The van der Waals surface area contributed by atoms with Gasteiger partial charge < -0.3 is 10.6 Å². The average Bonchev–Trinajstić information content (AvgIpc) is 2.66. The van der Waals surface area contributed by atoms with E-state index in [9.17, 15) is 9.18 Å². The molecule has 0 radical (unpaired) electrons. The van der Waals surface area contributed by atoms with Crippen LogP contribution in [-0.2, 0) is 16.8 Å². The fraction of sp³-hybridized carbons (Fsp3) is 0.409. The molecular formula is C22H24Br2F2N2O. The number of carbonyl (C=O) groups is 1. The van der Waals surface area contributed by atoms with Gasteiger partial charge in [0.05, 0.1) is 0 Å². The van der Waals surface area contributed by atoms with Crippen LogP contribution in [0.4, 0.5) is 8.78 Å². The van der Waals surface area contributed by atoms with E-state index in [1.165, 1.54) is 12.1 Å². The van der Waals surface area contributed by atoms with Gasteiger partial charge in [-0.05, 0) is 67.4 Å². The number of piperidine rings is 1. The van der Waals surface area contributed by atoms with Crippen molar-refractivity contribution < 1.29 is 13.6 Å². The smallest absolute Gasteiger partial charge is 0.221 e. The van der Waals surface area contributed by atoms with Crippen LogP contribution in [-0.4, -0.2) is 24.7 Å². The second-order valence-electron chi connectivity index (χ2n) is 7.79. The van der Waals surface area contributed by atoms with Gasteiger partial charge in [0.15, 0.2) is 0 Å². The number of amides is 1. The molecule has 1 unspecified atom stereocenters. The highest BCUT2D eigenvalue weighted by atomic mass is 79.9. The molecule has 29 heavy (non-hydrogen) atoms. The number of alkyl halides is 1. The first kappa shape index (κ1) is 22.4. The van der Waals surface area contributed by atoms with Crippen LogP contribution >= 0.6 is 31.9 Å². The molecule has 2 N–H and O–H groups in total. The highest BCUT2D eigenvalue weighted by Crippen LogP contribution is 2.46. The van der Waals surface area contributed by atoms with Crippen LogP contribution in [0.1, 0.15) is 37.3 Å². The molecule has 1 saturated heterocycles. The standard InChI is InChI=1S/C22H24Br2F2N2O/c1-21(16-2-4-19(25)5-3-16,22(26)6-8-27-9-7-22)13-20(29)28-14-15-10-17(23)12-18(24)11-15/h2-5,10-12,27H,6-9,13-14H2,1H3,(H,28,29). The zero-order chi connectivity index (χ0) is 21.1. The summed E-state index contributed by atoms with van der Waals surface area (Å²) in [5.74, 6) is -0.609. The molecule has 156 valence electrons. The number of carbonyl (C=O) groups excluding carboxylic acids is 1. The summed E-state index contributed by atoms with van der Waals surface area (Å²) in [6.45, 7) is 3.24. The second-order valence-corrected chi connectivity index (χ2v) is 9.62. The molecule has 1 aliphatic rings. The van der Waals surface area contributed by atoms with Crippen molar-refractivity contribution in [3.63, 3.8) is 0 Å². The first-order chi connectivity index (χ1) is 13.7. The minimum Gasteiger partial charge on any atom is -0.352 e. The van der Waals surface area contributed by atoms with Gasteiger partial charge in [0.1, 0.15) is 11.5 Å². The summed E-state index contributed by atoms with van der Waals surface area (Å²) < 4.78 is 31.4. The monoisotopic (exact) mass is 528 g/mol. The zero-order valence-electron chi connectivity index (χ0n) is 16.2. The third kappa shape index (κ3) is 5.25. The van der Waals surface area contributed by atoms with Crippen molar-refractivity contribution in [1.29, 1.82) is 0 Å². The summed E-state index contributed by atoms with van der Waals surface area (Å²) in [4.78, 5) is 12.8. The van der Waals surface area contributed by atoms with E-state index in [4.69, 9.17) is 0 Å². The van der Waals surface area contributed by atoms with Gasteiger partial charge in [-0.1, -0.05) is 50.9 Å². The molecule has 7 heteroatoms. The molecule has 1 amide bonds. The molecule has 2 aromatic carbocycles. The molecular weight excluding hydrogens is 506 g/mol. The summed E-state index contributed by atoms with van der Waals surface area (Å²) in [5.41, 5.74) is -1.03. The SMILES string of the molecule is CC(CC(=O)NCc1cc(Br)cc(Br)c1)(c1ccc(F)cc1)C1(F)CCNCC1. The largest absolute Gasteiger partial charge is 0.352 e. The van der Waals surface area contributed by atoms with Gasteiger partial charge in [0.25, 0.3) is 0 Å². The van der Waals surface area contributed by atoms with Gasteiger partial charge >= 0.3 is 0 Å². The Morgan fingerprint density at radius 3 is 2.31 bits per heavy atom. The van der Waals surface area contributed by atoms with Crippen molar-refractivity contribution >= 4 is 37.8 Å². The van der Waals surface area contributed by atoms with Crippen molar-refractivity contribution in [2.45, 2.75) is 43.8 Å². The molecule has 1 heterocycles. The molecule has 1 fully saturated rings. The van der Waals surface area contributed by atoms with Crippen molar-refractivity contribution in [2.24, 2.45) is 0 Å². The van der Waals surface area contributed by atoms with Crippen molar-refractivity contribution in [2.75, 3.05) is 13.1 Å². The van der Waals surface area contributed by atoms with Gasteiger partial charge in [-0.2, -0.15) is 0 Å². The van der Waals surface area contributed by atoms with E-state index in [-0.39, 0.29) is 18.1 Å². The van der Waals surface area contributed by atoms with Crippen LogP contribution < -0.4 is 10.6 Å². The fourth-order valence-electron chi connectivity index (χ4n) is 4.01. The molecule has 0 aromatic heterocycles. The predicted molar refractivity (Wildman–Crippen MR) is 118 cm³/mol. The normalized spacial score (nSPS) is 18.1. The highest BCUT2D eigenvalue weighted by molar-refractivity contribution is 9.11. The fourth-order valence-corrected chi connectivity index (χ4v) is 5.40. The maximum atomic E-state index is 16.1. The molecule has 0 saturated carbocycles. The highest BCUT2D eigenvalue weighted by Gasteiger charge is 2.51. The quantitative estimate of drug-likeness (QED) is 0.525. The Balaban J connectivity index is 1.80. The summed E-state index contributed by atoms with van der Waals surface area (Å²) >= 11 is 6.87. The lowest BCUT2D eigenvalue weighted by molar-refractivity contribution is -0.124. The molecule has 3 rings (SSSR count). The van der Waals surface area contributed by atoms with Crippen LogP contribution in [0.25, 0.3) is 0 Å². The Morgan fingerprint density at radius 1 is 1.14 bits per heavy atom. The molecule has 2 aromatic rings. The second kappa shape index (κ2) is 9.23. The maximum Gasteiger partial charge on any atom is 0.221 e. The number of hydrogen-bond donors (Lipinski definition) is 2. The minimum absolute atomic E-state index is 0.00962. The lowest BCUT2D eigenvalue weighted by Gasteiger charge is -2.45. The number of nitrogens with one attached hydrogen (secondary N) is 2. The van der Waals surface area contributed by atoms with Crippen molar-refractivity contribution in [3.8, 4) is 0 Å². The molecule has 1 atom stereocenters. The third-order valence-electron chi connectivity index (χ3n) is 5.79. The van der Waals surface area contributed by atoms with Crippen LogP contribution in [0.3, 0.4) is 0 Å². The van der Waals surface area contributed by atoms with Gasteiger partial charge in [0, 0.05) is 27.3 Å². The maximum absolute atomic E-state index is 16.1. The Kier molecular flexibility index (Phi) is 7.12. The number of hydrogen-bond acceptors (Lipinski definition) is 2.